The van der Waals surface area contributed by atoms with Gasteiger partial charge in [0.05, 0.1) is 10.9 Å². The fraction of sp³-hybridized carbons (Fsp3) is 0.455. The Labute approximate surface area is 92.0 Å². The zero-order valence-corrected chi connectivity index (χ0v) is 10.0. The maximum Gasteiger partial charge on any atom is 0.0798 e. The standard InChI is InChI=1S/C11H17NO2S/c1-11(2,3)10-8-6-4-5-7-9(8)15(13,14)12-10/h4-7,10,12-14H,1-3H3. The van der Waals surface area contributed by atoms with Crippen LogP contribution in [-0.2, 0) is 0 Å². The van der Waals surface area contributed by atoms with Crippen LogP contribution in [0.2, 0.25) is 0 Å². The molecule has 84 valence electrons. The largest absolute Gasteiger partial charge is 0.281 e. The van der Waals surface area contributed by atoms with Crippen LogP contribution >= 0.6 is 10.8 Å². The lowest BCUT2D eigenvalue weighted by atomic mass is 9.83. The third-order valence-corrected chi connectivity index (χ3v) is 4.23. The number of hydrogen-bond acceptors (Lipinski definition) is 3. The second kappa shape index (κ2) is 3.22. The van der Waals surface area contributed by atoms with Gasteiger partial charge < -0.3 is 0 Å². The van der Waals surface area contributed by atoms with Crippen molar-refractivity contribution in [1.82, 2.24) is 4.72 Å². The first-order chi connectivity index (χ1) is 6.82. The highest BCUT2D eigenvalue weighted by Gasteiger charge is 2.40. The molecule has 0 saturated carbocycles. The molecule has 1 aliphatic heterocycles. The molecule has 3 N–H and O–H groups in total. The van der Waals surface area contributed by atoms with E-state index in [0.29, 0.717) is 4.90 Å². The van der Waals surface area contributed by atoms with E-state index in [4.69, 9.17) is 0 Å². The quantitative estimate of drug-likeness (QED) is 0.636. The molecule has 0 aromatic heterocycles. The minimum Gasteiger partial charge on any atom is -0.281 e. The van der Waals surface area contributed by atoms with Gasteiger partial charge >= 0.3 is 0 Å². The van der Waals surface area contributed by atoms with E-state index in [1.54, 1.807) is 6.07 Å². The average Bonchev–Trinajstić information content (AvgIpc) is 2.39. The number of fused-ring (bicyclic) bond motifs is 1. The highest BCUT2D eigenvalue weighted by Crippen LogP contribution is 2.58. The Morgan fingerprint density at radius 3 is 2.40 bits per heavy atom. The summed E-state index contributed by atoms with van der Waals surface area (Å²) in [5.41, 5.74) is 0.973. The van der Waals surface area contributed by atoms with Crippen molar-refractivity contribution in [1.29, 1.82) is 0 Å². The summed E-state index contributed by atoms with van der Waals surface area (Å²) in [7, 11) is -2.79. The van der Waals surface area contributed by atoms with Crippen molar-refractivity contribution in [3.05, 3.63) is 29.8 Å². The summed E-state index contributed by atoms with van der Waals surface area (Å²) in [5, 5.41) is 0. The lowest BCUT2D eigenvalue weighted by molar-refractivity contribution is 0.304. The number of hydrogen-bond donors (Lipinski definition) is 3. The van der Waals surface area contributed by atoms with E-state index >= 15 is 0 Å². The molecule has 1 unspecified atom stereocenters. The summed E-state index contributed by atoms with van der Waals surface area (Å²) in [5.74, 6) is 0. The molecule has 1 heterocycles. The summed E-state index contributed by atoms with van der Waals surface area (Å²) in [6.07, 6.45) is 0. The minimum atomic E-state index is -2.79. The maximum absolute atomic E-state index is 9.91. The van der Waals surface area contributed by atoms with E-state index in [1.165, 1.54) is 0 Å². The summed E-state index contributed by atoms with van der Waals surface area (Å²) in [6, 6.07) is 7.50. The van der Waals surface area contributed by atoms with Gasteiger partial charge in [-0.3, -0.25) is 9.11 Å². The van der Waals surface area contributed by atoms with E-state index in [9.17, 15) is 9.11 Å². The topological polar surface area (TPSA) is 52.5 Å². The highest BCUT2D eigenvalue weighted by molar-refractivity contribution is 8.22. The fourth-order valence-corrected chi connectivity index (χ4v) is 3.63. The van der Waals surface area contributed by atoms with Crippen LogP contribution in [0.4, 0.5) is 0 Å². The van der Waals surface area contributed by atoms with Crippen LogP contribution in [0.3, 0.4) is 0 Å². The first-order valence-corrected chi connectivity index (χ1v) is 6.51. The molecule has 0 spiro atoms. The van der Waals surface area contributed by atoms with Crippen LogP contribution < -0.4 is 4.72 Å². The molecule has 1 aromatic rings. The van der Waals surface area contributed by atoms with E-state index in [0.717, 1.165) is 5.56 Å². The monoisotopic (exact) mass is 227 g/mol. The zero-order chi connectivity index (χ0) is 11.3. The van der Waals surface area contributed by atoms with Crippen LogP contribution in [-0.4, -0.2) is 9.11 Å². The van der Waals surface area contributed by atoms with Crippen molar-refractivity contribution >= 4 is 10.8 Å². The summed E-state index contributed by atoms with van der Waals surface area (Å²) in [6.45, 7) is 6.26. The normalized spacial score (nSPS) is 26.1. The minimum absolute atomic E-state index is 0.00120. The van der Waals surface area contributed by atoms with Crippen LogP contribution in [0.1, 0.15) is 32.4 Å². The van der Waals surface area contributed by atoms with Crippen molar-refractivity contribution in [2.75, 3.05) is 0 Å². The Morgan fingerprint density at radius 1 is 1.20 bits per heavy atom. The van der Waals surface area contributed by atoms with Gasteiger partial charge in [-0.05, 0) is 17.0 Å². The predicted molar refractivity (Wildman–Crippen MR) is 62.9 cm³/mol. The highest BCUT2D eigenvalue weighted by atomic mass is 32.3. The molecule has 0 bridgehead atoms. The van der Waals surface area contributed by atoms with Gasteiger partial charge in [0.25, 0.3) is 0 Å². The lowest BCUT2D eigenvalue weighted by Crippen LogP contribution is -2.28. The smallest absolute Gasteiger partial charge is 0.0798 e. The van der Waals surface area contributed by atoms with E-state index < -0.39 is 10.8 Å². The molecule has 2 rings (SSSR count). The van der Waals surface area contributed by atoms with Crippen LogP contribution in [0.5, 0.6) is 0 Å². The van der Waals surface area contributed by atoms with Crippen LogP contribution in [0.25, 0.3) is 0 Å². The zero-order valence-electron chi connectivity index (χ0n) is 9.19. The van der Waals surface area contributed by atoms with Gasteiger partial charge in [-0.15, -0.1) is 10.8 Å². The summed E-state index contributed by atoms with van der Waals surface area (Å²) >= 11 is 0. The molecule has 1 aliphatic rings. The van der Waals surface area contributed by atoms with Crippen molar-refractivity contribution < 1.29 is 9.11 Å². The molecule has 0 radical (unpaired) electrons. The van der Waals surface area contributed by atoms with Gasteiger partial charge in [-0.1, -0.05) is 39.0 Å². The van der Waals surface area contributed by atoms with Crippen molar-refractivity contribution in [3.8, 4) is 0 Å². The third kappa shape index (κ3) is 1.78. The van der Waals surface area contributed by atoms with Crippen molar-refractivity contribution in [2.24, 2.45) is 5.41 Å². The second-order valence-corrected chi connectivity index (χ2v) is 6.78. The number of benzene rings is 1. The van der Waals surface area contributed by atoms with Gasteiger partial charge in [-0.2, -0.15) is 0 Å². The molecule has 4 heteroatoms. The molecule has 0 fully saturated rings. The third-order valence-electron chi connectivity index (χ3n) is 2.68. The van der Waals surface area contributed by atoms with Gasteiger partial charge in [0.15, 0.2) is 0 Å². The van der Waals surface area contributed by atoms with Gasteiger partial charge in [0.2, 0.25) is 0 Å². The SMILES string of the molecule is CC(C)(C)C1NS(O)(O)c2ccccc21. The Morgan fingerprint density at radius 2 is 1.80 bits per heavy atom. The van der Waals surface area contributed by atoms with Crippen LogP contribution in [0, 0.1) is 5.41 Å². The Bertz CT molecular complexity index is 384. The van der Waals surface area contributed by atoms with Crippen molar-refractivity contribution in [2.45, 2.75) is 31.7 Å². The molecule has 0 saturated heterocycles. The van der Waals surface area contributed by atoms with E-state index in [-0.39, 0.29) is 11.5 Å². The lowest BCUT2D eigenvalue weighted by Gasteiger charge is -2.32. The van der Waals surface area contributed by atoms with Crippen molar-refractivity contribution in [3.63, 3.8) is 0 Å². The molecule has 1 aromatic carbocycles. The van der Waals surface area contributed by atoms with Gasteiger partial charge in [-0.25, -0.2) is 4.72 Å². The molecular formula is C11H17NO2S. The molecule has 0 aliphatic carbocycles. The molecule has 15 heavy (non-hydrogen) atoms. The second-order valence-electron chi connectivity index (χ2n) is 5.00. The molecular weight excluding hydrogens is 210 g/mol. The molecule has 1 atom stereocenters. The van der Waals surface area contributed by atoms with E-state index in [2.05, 4.69) is 25.5 Å². The Balaban J connectivity index is 2.52. The molecule has 3 nitrogen and oxygen atoms in total. The van der Waals surface area contributed by atoms with E-state index in [1.807, 2.05) is 18.2 Å². The van der Waals surface area contributed by atoms with Gasteiger partial charge in [0, 0.05) is 0 Å². The summed E-state index contributed by atoms with van der Waals surface area (Å²) < 4.78 is 22.7. The first-order valence-electron chi connectivity index (χ1n) is 4.97. The average molecular weight is 227 g/mol. The first kappa shape index (κ1) is 11.0. The maximum atomic E-state index is 9.91. The Kier molecular flexibility index (Phi) is 2.35. The Hall–Kier alpha value is -0.550. The van der Waals surface area contributed by atoms with Crippen LogP contribution in [0.15, 0.2) is 29.2 Å². The molecule has 0 amide bonds. The number of rotatable bonds is 0. The summed E-state index contributed by atoms with van der Waals surface area (Å²) in [4.78, 5) is 0.643. The van der Waals surface area contributed by atoms with Gasteiger partial charge in [0.1, 0.15) is 0 Å². The fourth-order valence-electron chi connectivity index (χ4n) is 1.91. The predicted octanol–water partition coefficient (Wildman–Crippen LogP) is 3.40. The number of nitrogens with one attached hydrogen (secondary N) is 1.